The van der Waals surface area contributed by atoms with Gasteiger partial charge in [0.05, 0.1) is 6.04 Å². The maximum absolute atomic E-state index is 12.6. The number of hydrogen-bond donors (Lipinski definition) is 1. The molecule has 0 unspecified atom stereocenters. The molecule has 3 rings (SSSR count). The van der Waals surface area contributed by atoms with Gasteiger partial charge in [0.2, 0.25) is 5.91 Å². The maximum Gasteiger partial charge on any atom is 0.238 e. The summed E-state index contributed by atoms with van der Waals surface area (Å²) in [4.78, 5) is 12.4. The molecule has 1 amide bonds. The molecular weight excluding hydrogens is 330 g/mol. The molecule has 1 aromatic heterocycles. The van der Waals surface area contributed by atoms with E-state index >= 15 is 0 Å². The predicted octanol–water partition coefficient (Wildman–Crippen LogP) is 1.01. The molecule has 8 nitrogen and oxygen atoms in total. The molecule has 0 aromatic carbocycles. The van der Waals surface area contributed by atoms with E-state index in [2.05, 4.69) is 27.8 Å². The quantitative estimate of drug-likeness (QED) is 0.816. The molecule has 24 heavy (non-hydrogen) atoms. The lowest BCUT2D eigenvalue weighted by Crippen LogP contribution is -2.47. The zero-order valence-electron chi connectivity index (χ0n) is 14.2. The first kappa shape index (κ1) is 17.3. The first-order valence-corrected chi connectivity index (χ1v) is 10.4. The molecule has 1 aromatic rings. The molecule has 0 aliphatic heterocycles. The lowest BCUT2D eigenvalue weighted by Gasteiger charge is -2.30. The fourth-order valence-corrected chi connectivity index (χ4v) is 4.40. The van der Waals surface area contributed by atoms with Crippen LogP contribution in [-0.4, -0.2) is 45.8 Å². The normalized spacial score (nSPS) is 26.1. The van der Waals surface area contributed by atoms with Crippen LogP contribution in [0, 0.1) is 5.92 Å². The minimum Gasteiger partial charge on any atom is -0.352 e. The Balaban J connectivity index is 1.64. The van der Waals surface area contributed by atoms with E-state index in [1.807, 2.05) is 0 Å². The Labute approximate surface area is 142 Å². The van der Waals surface area contributed by atoms with Crippen LogP contribution in [0.25, 0.3) is 0 Å². The molecule has 0 spiro atoms. The molecule has 0 radical (unpaired) electrons. The highest BCUT2D eigenvalue weighted by molar-refractivity contribution is 7.92. The third-order valence-electron chi connectivity index (χ3n) is 5.13. The SMILES string of the molecule is C[C@@H]1CCCC[C@H]1NC(=O)[C@@H](C)S(=O)(=O)Cc1nnnn1C1CC1. The summed E-state index contributed by atoms with van der Waals surface area (Å²) >= 11 is 0. The average Bonchev–Trinajstić information content (AvgIpc) is 3.29. The molecule has 1 N–H and O–H groups in total. The van der Waals surface area contributed by atoms with Crippen molar-refractivity contribution in [3.8, 4) is 0 Å². The van der Waals surface area contributed by atoms with E-state index in [4.69, 9.17) is 0 Å². The number of nitrogens with zero attached hydrogens (tertiary/aromatic N) is 4. The summed E-state index contributed by atoms with van der Waals surface area (Å²) in [6.45, 7) is 3.55. The fourth-order valence-electron chi connectivity index (χ4n) is 3.21. The van der Waals surface area contributed by atoms with Gasteiger partial charge < -0.3 is 5.32 Å². The molecule has 0 saturated heterocycles. The lowest BCUT2D eigenvalue weighted by molar-refractivity contribution is -0.121. The Morgan fingerprint density at radius 2 is 2.00 bits per heavy atom. The van der Waals surface area contributed by atoms with Crippen molar-refractivity contribution in [1.29, 1.82) is 0 Å². The molecule has 2 aliphatic carbocycles. The van der Waals surface area contributed by atoms with Gasteiger partial charge >= 0.3 is 0 Å². The summed E-state index contributed by atoms with van der Waals surface area (Å²) in [5.41, 5.74) is 0. The van der Waals surface area contributed by atoms with Crippen LogP contribution < -0.4 is 5.32 Å². The lowest BCUT2D eigenvalue weighted by atomic mass is 9.86. The van der Waals surface area contributed by atoms with Crippen molar-refractivity contribution in [3.63, 3.8) is 0 Å². The second kappa shape index (κ2) is 6.78. The van der Waals surface area contributed by atoms with Gasteiger partial charge in [-0.05, 0) is 49.0 Å². The zero-order chi connectivity index (χ0) is 17.3. The third-order valence-corrected chi connectivity index (χ3v) is 7.08. The number of aromatic nitrogens is 4. The van der Waals surface area contributed by atoms with Crippen LogP contribution in [0.15, 0.2) is 0 Å². The zero-order valence-corrected chi connectivity index (χ0v) is 15.0. The van der Waals surface area contributed by atoms with E-state index in [1.165, 1.54) is 13.3 Å². The Kier molecular flexibility index (Phi) is 4.89. The summed E-state index contributed by atoms with van der Waals surface area (Å²) in [5.74, 6) is -0.00663. The predicted molar refractivity (Wildman–Crippen MR) is 87.7 cm³/mol. The molecule has 2 aliphatic rings. The van der Waals surface area contributed by atoms with Gasteiger partial charge in [0.1, 0.15) is 11.0 Å². The van der Waals surface area contributed by atoms with Crippen LogP contribution in [0.4, 0.5) is 0 Å². The molecule has 2 saturated carbocycles. The van der Waals surface area contributed by atoms with Crippen LogP contribution in [0.2, 0.25) is 0 Å². The van der Waals surface area contributed by atoms with E-state index in [-0.39, 0.29) is 17.8 Å². The smallest absolute Gasteiger partial charge is 0.238 e. The van der Waals surface area contributed by atoms with Crippen LogP contribution in [0.5, 0.6) is 0 Å². The van der Waals surface area contributed by atoms with Crippen LogP contribution in [0.1, 0.15) is 64.2 Å². The van der Waals surface area contributed by atoms with Gasteiger partial charge in [0.25, 0.3) is 0 Å². The van der Waals surface area contributed by atoms with E-state index in [0.29, 0.717) is 11.7 Å². The van der Waals surface area contributed by atoms with Crippen molar-refractivity contribution in [1.82, 2.24) is 25.5 Å². The number of carbonyl (C=O) groups is 1. The summed E-state index contributed by atoms with van der Waals surface area (Å²) in [6.07, 6.45) is 6.17. The number of hydrogen-bond acceptors (Lipinski definition) is 6. The molecule has 9 heteroatoms. The van der Waals surface area contributed by atoms with Crippen LogP contribution in [0.3, 0.4) is 0 Å². The van der Waals surface area contributed by atoms with Crippen molar-refractivity contribution in [2.45, 2.75) is 75.5 Å². The van der Waals surface area contributed by atoms with Gasteiger partial charge in [0.15, 0.2) is 15.7 Å². The number of nitrogens with one attached hydrogen (secondary N) is 1. The monoisotopic (exact) mass is 355 g/mol. The second-order valence-electron chi connectivity index (χ2n) is 7.10. The van der Waals surface area contributed by atoms with Crippen LogP contribution >= 0.6 is 0 Å². The van der Waals surface area contributed by atoms with Crippen molar-refractivity contribution >= 4 is 15.7 Å². The number of tetrazole rings is 1. The summed E-state index contributed by atoms with van der Waals surface area (Å²) in [6, 6.07) is 0.276. The molecule has 1 heterocycles. The number of carbonyl (C=O) groups excluding carboxylic acids is 1. The Bertz CT molecular complexity index is 698. The highest BCUT2D eigenvalue weighted by Crippen LogP contribution is 2.34. The van der Waals surface area contributed by atoms with Crippen molar-refractivity contribution < 1.29 is 13.2 Å². The van der Waals surface area contributed by atoms with E-state index in [9.17, 15) is 13.2 Å². The first-order chi connectivity index (χ1) is 11.4. The molecule has 134 valence electrons. The molecule has 0 bridgehead atoms. The summed E-state index contributed by atoms with van der Waals surface area (Å²) in [7, 11) is -3.65. The summed E-state index contributed by atoms with van der Waals surface area (Å²) < 4.78 is 26.8. The molecular formula is C15H25N5O3S. The largest absolute Gasteiger partial charge is 0.352 e. The van der Waals surface area contributed by atoms with Gasteiger partial charge in [-0.25, -0.2) is 13.1 Å². The average molecular weight is 355 g/mol. The van der Waals surface area contributed by atoms with E-state index in [1.54, 1.807) is 4.68 Å². The Morgan fingerprint density at radius 1 is 1.29 bits per heavy atom. The third kappa shape index (κ3) is 3.76. The van der Waals surface area contributed by atoms with Gasteiger partial charge in [-0.3, -0.25) is 4.79 Å². The van der Waals surface area contributed by atoms with Gasteiger partial charge in [-0.2, -0.15) is 0 Å². The summed E-state index contributed by atoms with van der Waals surface area (Å²) in [5, 5.41) is 13.1. The van der Waals surface area contributed by atoms with Gasteiger partial charge in [0, 0.05) is 6.04 Å². The topological polar surface area (TPSA) is 107 Å². The van der Waals surface area contributed by atoms with Crippen molar-refractivity contribution in [3.05, 3.63) is 5.82 Å². The molecule has 2 fully saturated rings. The van der Waals surface area contributed by atoms with Gasteiger partial charge in [-0.1, -0.05) is 19.8 Å². The van der Waals surface area contributed by atoms with Crippen LogP contribution in [-0.2, 0) is 20.4 Å². The minimum absolute atomic E-state index is 0.0701. The minimum atomic E-state index is -3.65. The maximum atomic E-state index is 12.6. The van der Waals surface area contributed by atoms with Crippen molar-refractivity contribution in [2.24, 2.45) is 5.92 Å². The first-order valence-electron chi connectivity index (χ1n) is 8.67. The fraction of sp³-hybridized carbons (Fsp3) is 0.867. The highest BCUT2D eigenvalue weighted by Gasteiger charge is 2.35. The van der Waals surface area contributed by atoms with Crippen molar-refractivity contribution in [2.75, 3.05) is 0 Å². The molecule has 3 atom stereocenters. The number of rotatable bonds is 6. The standard InChI is InChI=1S/C15H25N5O3S/c1-10-5-3-4-6-13(10)16-15(21)11(2)24(22,23)9-14-17-18-19-20(14)12-7-8-12/h10-13H,3-9H2,1-2H3,(H,16,21)/t10-,11-,13-/m1/s1. The number of amides is 1. The Hall–Kier alpha value is -1.51. The Morgan fingerprint density at radius 3 is 2.67 bits per heavy atom. The van der Waals surface area contributed by atoms with E-state index in [0.717, 1.165) is 32.1 Å². The number of sulfone groups is 1. The highest BCUT2D eigenvalue weighted by atomic mass is 32.2. The van der Waals surface area contributed by atoms with Gasteiger partial charge in [-0.15, -0.1) is 5.10 Å². The second-order valence-corrected chi connectivity index (χ2v) is 9.42. The van der Waals surface area contributed by atoms with E-state index < -0.39 is 21.0 Å².